The molecule has 0 radical (unpaired) electrons. The van der Waals surface area contributed by atoms with Crippen LogP contribution in [-0.4, -0.2) is 41.8 Å². The minimum Gasteiger partial charge on any atom is -0.508 e. The van der Waals surface area contributed by atoms with Crippen LogP contribution in [0.25, 0.3) is 0 Å². The second kappa shape index (κ2) is 5.89. The molecule has 0 saturated heterocycles. The lowest BCUT2D eigenvalue weighted by atomic mass is 10.1. The molecule has 0 heterocycles. The molecule has 0 aliphatic heterocycles. The molecule has 1 rings (SSSR count). The van der Waals surface area contributed by atoms with Gasteiger partial charge in [-0.2, -0.15) is 0 Å². The minimum absolute atomic E-state index is 0.00417. The van der Waals surface area contributed by atoms with E-state index in [1.807, 2.05) is 21.0 Å². The van der Waals surface area contributed by atoms with Crippen molar-refractivity contribution in [3.8, 4) is 11.5 Å². The second-order valence-electron chi connectivity index (χ2n) is 4.69. The maximum Gasteiger partial charge on any atom is 0.120 e. The summed E-state index contributed by atoms with van der Waals surface area (Å²) < 4.78 is 0. The van der Waals surface area contributed by atoms with Crippen molar-refractivity contribution in [2.45, 2.75) is 25.9 Å². The Hall–Kier alpha value is -1.26. The highest BCUT2D eigenvalue weighted by Crippen LogP contribution is 2.27. The molecule has 3 N–H and O–H groups in total. The summed E-state index contributed by atoms with van der Waals surface area (Å²) in [5, 5.41) is 22.5. The third kappa shape index (κ3) is 3.91. The molecule has 1 aromatic carbocycles. The first-order valence-corrected chi connectivity index (χ1v) is 5.83. The van der Waals surface area contributed by atoms with E-state index in [1.54, 1.807) is 6.07 Å². The van der Waals surface area contributed by atoms with Gasteiger partial charge >= 0.3 is 0 Å². The molecule has 96 valence electrons. The highest BCUT2D eigenvalue weighted by Gasteiger charge is 2.12. The molecule has 0 aliphatic rings. The molecule has 4 nitrogen and oxygen atoms in total. The first kappa shape index (κ1) is 13.8. The van der Waals surface area contributed by atoms with Crippen LogP contribution in [0.5, 0.6) is 11.5 Å². The van der Waals surface area contributed by atoms with Crippen LogP contribution in [-0.2, 0) is 0 Å². The van der Waals surface area contributed by atoms with E-state index in [2.05, 4.69) is 17.1 Å². The van der Waals surface area contributed by atoms with Crippen molar-refractivity contribution in [3.63, 3.8) is 0 Å². The molecular weight excluding hydrogens is 216 g/mol. The van der Waals surface area contributed by atoms with Gasteiger partial charge in [0.1, 0.15) is 11.5 Å². The largest absolute Gasteiger partial charge is 0.508 e. The summed E-state index contributed by atoms with van der Waals surface area (Å²) in [6.45, 7) is 4.92. The number of hydrogen-bond acceptors (Lipinski definition) is 4. The number of rotatable bonds is 5. The van der Waals surface area contributed by atoms with Crippen LogP contribution in [0.2, 0.25) is 0 Å². The van der Waals surface area contributed by atoms with Gasteiger partial charge in [0.05, 0.1) is 0 Å². The number of nitrogens with one attached hydrogen (secondary N) is 1. The van der Waals surface area contributed by atoms with Gasteiger partial charge in [-0.15, -0.1) is 0 Å². The van der Waals surface area contributed by atoms with Crippen molar-refractivity contribution in [1.82, 2.24) is 10.2 Å². The normalized spacial score (nSPS) is 14.9. The van der Waals surface area contributed by atoms with Crippen molar-refractivity contribution in [1.29, 1.82) is 0 Å². The molecule has 0 spiro atoms. The van der Waals surface area contributed by atoms with Gasteiger partial charge in [0.2, 0.25) is 0 Å². The van der Waals surface area contributed by atoms with E-state index in [0.29, 0.717) is 6.04 Å². The van der Waals surface area contributed by atoms with E-state index < -0.39 is 0 Å². The molecule has 0 aliphatic carbocycles. The first-order chi connectivity index (χ1) is 7.91. The molecule has 1 aromatic rings. The van der Waals surface area contributed by atoms with Crippen LogP contribution in [0.1, 0.15) is 25.5 Å². The van der Waals surface area contributed by atoms with E-state index in [9.17, 15) is 10.2 Å². The zero-order valence-corrected chi connectivity index (χ0v) is 10.9. The summed E-state index contributed by atoms with van der Waals surface area (Å²) in [4.78, 5) is 2.13. The van der Waals surface area contributed by atoms with Crippen LogP contribution < -0.4 is 5.32 Å². The molecule has 0 bridgehead atoms. The summed E-state index contributed by atoms with van der Waals surface area (Å²) in [6.07, 6.45) is 0. The Balaban J connectivity index is 2.63. The fourth-order valence-corrected chi connectivity index (χ4v) is 1.53. The fourth-order valence-electron chi connectivity index (χ4n) is 1.53. The predicted molar refractivity (Wildman–Crippen MR) is 69.3 cm³/mol. The highest BCUT2D eigenvalue weighted by atomic mass is 16.3. The SMILES string of the molecule is CC(NCC(C)N(C)C)c1cc(O)ccc1O. The van der Waals surface area contributed by atoms with Gasteiger partial charge in [-0.25, -0.2) is 0 Å². The summed E-state index contributed by atoms with van der Waals surface area (Å²) in [5.74, 6) is 0.382. The van der Waals surface area contributed by atoms with Gasteiger partial charge in [-0.05, 0) is 46.1 Å². The van der Waals surface area contributed by atoms with Crippen molar-refractivity contribution in [2.24, 2.45) is 0 Å². The maximum atomic E-state index is 9.72. The van der Waals surface area contributed by atoms with Crippen molar-refractivity contribution >= 4 is 0 Å². The maximum absolute atomic E-state index is 9.72. The predicted octanol–water partition coefficient (Wildman–Crippen LogP) is 1.70. The number of phenolic OH excluding ortho intramolecular Hbond substituents is 2. The fraction of sp³-hybridized carbons (Fsp3) is 0.538. The van der Waals surface area contributed by atoms with Crippen LogP contribution in [0.15, 0.2) is 18.2 Å². The van der Waals surface area contributed by atoms with Crippen LogP contribution in [0.3, 0.4) is 0 Å². The smallest absolute Gasteiger partial charge is 0.120 e. The third-order valence-corrected chi connectivity index (χ3v) is 3.08. The number of nitrogens with zero attached hydrogens (tertiary/aromatic N) is 1. The zero-order chi connectivity index (χ0) is 13.0. The van der Waals surface area contributed by atoms with Crippen LogP contribution in [0, 0.1) is 0 Å². The van der Waals surface area contributed by atoms with E-state index in [4.69, 9.17) is 0 Å². The number of hydrogen-bond donors (Lipinski definition) is 3. The Bertz CT molecular complexity index is 366. The topological polar surface area (TPSA) is 55.7 Å². The number of aromatic hydroxyl groups is 2. The summed E-state index contributed by atoms with van der Waals surface area (Å²) in [7, 11) is 4.06. The number of benzene rings is 1. The van der Waals surface area contributed by atoms with Gasteiger partial charge in [0.25, 0.3) is 0 Å². The molecule has 2 atom stereocenters. The number of likely N-dealkylation sites (N-methyl/N-ethyl adjacent to an activating group) is 1. The molecule has 4 heteroatoms. The Morgan fingerprint density at radius 3 is 2.47 bits per heavy atom. The average Bonchev–Trinajstić information content (AvgIpc) is 2.28. The molecule has 0 fully saturated rings. The molecule has 0 saturated carbocycles. The van der Waals surface area contributed by atoms with Gasteiger partial charge in [-0.1, -0.05) is 0 Å². The van der Waals surface area contributed by atoms with E-state index >= 15 is 0 Å². The summed E-state index contributed by atoms with van der Waals surface area (Å²) in [6, 6.07) is 5.00. The lowest BCUT2D eigenvalue weighted by Gasteiger charge is -2.23. The standard InChI is InChI=1S/C13H22N2O2/c1-9(15(3)4)8-14-10(2)12-7-11(16)5-6-13(12)17/h5-7,9-10,14,16-17H,8H2,1-4H3. The van der Waals surface area contributed by atoms with Gasteiger partial charge in [0, 0.05) is 24.2 Å². The van der Waals surface area contributed by atoms with Crippen LogP contribution in [0.4, 0.5) is 0 Å². The van der Waals surface area contributed by atoms with Gasteiger partial charge in [-0.3, -0.25) is 0 Å². The number of phenols is 2. The molecular formula is C13H22N2O2. The van der Waals surface area contributed by atoms with Crippen molar-refractivity contribution < 1.29 is 10.2 Å². The monoisotopic (exact) mass is 238 g/mol. The quantitative estimate of drug-likeness (QED) is 0.683. The molecule has 17 heavy (non-hydrogen) atoms. The second-order valence-corrected chi connectivity index (χ2v) is 4.69. The van der Waals surface area contributed by atoms with Crippen molar-refractivity contribution in [3.05, 3.63) is 23.8 Å². The zero-order valence-electron chi connectivity index (χ0n) is 10.9. The van der Waals surface area contributed by atoms with Crippen molar-refractivity contribution in [2.75, 3.05) is 20.6 Å². The Labute approximate surface area is 103 Å². The van der Waals surface area contributed by atoms with E-state index in [-0.39, 0.29) is 17.5 Å². The highest BCUT2D eigenvalue weighted by molar-refractivity contribution is 5.40. The summed E-state index contributed by atoms with van der Waals surface area (Å²) in [5.41, 5.74) is 0.718. The van der Waals surface area contributed by atoms with E-state index in [0.717, 1.165) is 12.1 Å². The Morgan fingerprint density at radius 1 is 1.24 bits per heavy atom. The van der Waals surface area contributed by atoms with Crippen LogP contribution >= 0.6 is 0 Å². The van der Waals surface area contributed by atoms with Gasteiger partial charge in [0.15, 0.2) is 0 Å². The Morgan fingerprint density at radius 2 is 1.88 bits per heavy atom. The molecule has 0 amide bonds. The Kier molecular flexibility index (Phi) is 4.78. The molecule has 0 aromatic heterocycles. The van der Waals surface area contributed by atoms with Gasteiger partial charge < -0.3 is 20.4 Å². The third-order valence-electron chi connectivity index (χ3n) is 3.08. The minimum atomic E-state index is 0.00417. The van der Waals surface area contributed by atoms with E-state index in [1.165, 1.54) is 12.1 Å². The average molecular weight is 238 g/mol. The first-order valence-electron chi connectivity index (χ1n) is 5.83. The lowest BCUT2D eigenvalue weighted by Crippen LogP contribution is -2.36. The lowest BCUT2D eigenvalue weighted by molar-refractivity contribution is 0.294. The molecule has 2 unspecified atom stereocenters. The summed E-state index contributed by atoms with van der Waals surface area (Å²) >= 11 is 0.